The Kier molecular flexibility index (Phi) is 6.92. The van der Waals surface area contributed by atoms with Crippen LogP contribution in [0.4, 0.5) is 0 Å². The number of nitrogens with zero attached hydrogens (tertiary/aromatic N) is 1. The van der Waals surface area contributed by atoms with Gasteiger partial charge in [-0.2, -0.15) is 5.26 Å². The van der Waals surface area contributed by atoms with Crippen LogP contribution in [0.2, 0.25) is 0 Å². The summed E-state index contributed by atoms with van der Waals surface area (Å²) in [5, 5.41) is 9.07. The van der Waals surface area contributed by atoms with Crippen molar-refractivity contribution in [1.29, 1.82) is 5.26 Å². The first-order chi connectivity index (χ1) is 10.1. The predicted octanol–water partition coefficient (Wildman–Crippen LogP) is 3.03. The Hall–Kier alpha value is -1.84. The van der Waals surface area contributed by atoms with Gasteiger partial charge < -0.3 is 10.5 Å². The second kappa shape index (κ2) is 8.45. The zero-order valence-electron chi connectivity index (χ0n) is 12.0. The number of ether oxygens (including phenoxy) is 1. The third-order valence-electron chi connectivity index (χ3n) is 2.68. The molecule has 0 fully saturated rings. The highest BCUT2D eigenvalue weighted by Crippen LogP contribution is 2.35. The van der Waals surface area contributed by atoms with E-state index >= 15 is 0 Å². The molecule has 0 saturated heterocycles. The molecule has 21 heavy (non-hydrogen) atoms. The molecule has 0 aliphatic rings. The summed E-state index contributed by atoms with van der Waals surface area (Å²) in [7, 11) is 1.60. The van der Waals surface area contributed by atoms with E-state index in [2.05, 4.69) is 0 Å². The Balaban J connectivity index is 3.44. The summed E-state index contributed by atoms with van der Waals surface area (Å²) >= 11 is 2.82. The number of amides is 1. The lowest BCUT2D eigenvalue weighted by Crippen LogP contribution is -2.13. The molecule has 0 spiro atoms. The number of hydrogen-bond donors (Lipinski definition) is 1. The van der Waals surface area contributed by atoms with Crippen molar-refractivity contribution in [2.45, 2.75) is 0 Å². The molecule has 0 bridgehead atoms. The quantitative estimate of drug-likeness (QED) is 0.495. The van der Waals surface area contributed by atoms with E-state index in [9.17, 15) is 4.79 Å². The van der Waals surface area contributed by atoms with E-state index in [4.69, 9.17) is 15.7 Å². The first kappa shape index (κ1) is 17.2. The van der Waals surface area contributed by atoms with Crippen molar-refractivity contribution in [3.8, 4) is 11.8 Å². The minimum atomic E-state index is -0.724. The molecule has 0 radical (unpaired) electrons. The van der Waals surface area contributed by atoms with Crippen LogP contribution < -0.4 is 10.5 Å². The number of primary amides is 1. The molecule has 0 aromatic heterocycles. The van der Waals surface area contributed by atoms with Gasteiger partial charge in [0, 0.05) is 15.4 Å². The minimum Gasteiger partial charge on any atom is -0.496 e. The Morgan fingerprint density at radius 2 is 2.00 bits per heavy atom. The first-order valence-corrected chi connectivity index (χ1v) is 8.41. The summed E-state index contributed by atoms with van der Waals surface area (Å²) in [4.78, 5) is 12.8. The van der Waals surface area contributed by atoms with Gasteiger partial charge >= 0.3 is 0 Å². The number of rotatable bonds is 6. The lowest BCUT2D eigenvalue weighted by Gasteiger charge is -2.11. The van der Waals surface area contributed by atoms with Crippen LogP contribution in [-0.4, -0.2) is 25.5 Å². The van der Waals surface area contributed by atoms with Gasteiger partial charge in [-0.25, -0.2) is 0 Å². The molecule has 6 heteroatoms. The van der Waals surface area contributed by atoms with Crippen LogP contribution in [0.1, 0.15) is 5.56 Å². The summed E-state index contributed by atoms with van der Waals surface area (Å²) in [6.07, 6.45) is 5.51. The van der Waals surface area contributed by atoms with E-state index in [0.29, 0.717) is 4.91 Å². The van der Waals surface area contributed by atoms with Crippen molar-refractivity contribution in [2.24, 2.45) is 5.73 Å². The van der Waals surface area contributed by atoms with Gasteiger partial charge in [0.25, 0.3) is 5.91 Å². The highest BCUT2D eigenvalue weighted by molar-refractivity contribution is 8.07. The number of carbonyl (C=O) groups excluding carboxylic acids is 1. The van der Waals surface area contributed by atoms with Crippen LogP contribution in [0.15, 0.2) is 40.8 Å². The Morgan fingerprint density at radius 3 is 2.48 bits per heavy atom. The third-order valence-corrected chi connectivity index (χ3v) is 4.22. The number of para-hydroxylation sites is 1. The van der Waals surface area contributed by atoms with Crippen molar-refractivity contribution in [3.63, 3.8) is 0 Å². The van der Waals surface area contributed by atoms with E-state index in [1.807, 2.05) is 36.6 Å². The Labute approximate surface area is 133 Å². The van der Waals surface area contributed by atoms with E-state index in [-0.39, 0.29) is 5.57 Å². The van der Waals surface area contributed by atoms with Crippen molar-refractivity contribution in [1.82, 2.24) is 0 Å². The molecule has 0 atom stereocenters. The van der Waals surface area contributed by atoms with Crippen LogP contribution in [0.3, 0.4) is 0 Å². The minimum absolute atomic E-state index is 0.0380. The van der Waals surface area contributed by atoms with Gasteiger partial charge in [0.05, 0.1) is 7.11 Å². The monoisotopic (exact) mass is 320 g/mol. The number of methoxy groups -OCH3 is 1. The maximum atomic E-state index is 11.3. The van der Waals surface area contributed by atoms with Crippen molar-refractivity contribution >= 4 is 34.3 Å². The summed E-state index contributed by atoms with van der Waals surface area (Å²) < 4.78 is 5.34. The highest BCUT2D eigenvalue weighted by atomic mass is 32.2. The topological polar surface area (TPSA) is 76.1 Å². The molecule has 110 valence electrons. The summed E-state index contributed by atoms with van der Waals surface area (Å²) in [5.74, 6) is 0.00900. The fraction of sp³-hybridized carbons (Fsp3) is 0.200. The van der Waals surface area contributed by atoms with Crippen LogP contribution in [-0.2, 0) is 4.79 Å². The summed E-state index contributed by atoms with van der Waals surface area (Å²) in [6.45, 7) is 0. The molecule has 1 aromatic rings. The molecule has 0 saturated carbocycles. The molecule has 4 nitrogen and oxygen atoms in total. The van der Waals surface area contributed by atoms with Crippen molar-refractivity contribution < 1.29 is 9.53 Å². The van der Waals surface area contributed by atoms with Crippen LogP contribution in [0, 0.1) is 11.3 Å². The van der Waals surface area contributed by atoms with Gasteiger partial charge in [-0.05, 0) is 24.7 Å². The normalized spacial score (nSPS) is 12.4. The van der Waals surface area contributed by atoms with Gasteiger partial charge in [0.15, 0.2) is 0 Å². The first-order valence-electron chi connectivity index (χ1n) is 5.96. The fourth-order valence-electron chi connectivity index (χ4n) is 1.68. The lowest BCUT2D eigenvalue weighted by atomic mass is 10.1. The molecule has 2 N–H and O–H groups in total. The molecular weight excluding hydrogens is 304 g/mol. The SMILES string of the molecule is COc1ccccc1/C(=C\C(SC)=C(/C#N)C(N)=O)SC. The molecule has 1 aromatic carbocycles. The average Bonchev–Trinajstić information content (AvgIpc) is 2.51. The summed E-state index contributed by atoms with van der Waals surface area (Å²) in [5.41, 5.74) is 6.11. The summed E-state index contributed by atoms with van der Waals surface area (Å²) in [6, 6.07) is 9.44. The number of nitriles is 1. The molecule has 0 aliphatic carbocycles. The number of hydrogen-bond acceptors (Lipinski definition) is 5. The zero-order valence-corrected chi connectivity index (χ0v) is 13.7. The van der Waals surface area contributed by atoms with Crippen molar-refractivity contribution in [3.05, 3.63) is 46.4 Å². The standard InChI is InChI=1S/C15H16N2O2S2/c1-19-12-7-5-4-6-10(12)13(20-2)8-14(21-3)11(9-16)15(17)18/h4-8H,1-3H3,(H2,17,18)/b13-8+,14-11-. The second-order valence-corrected chi connectivity index (χ2v) is 5.53. The number of carbonyl (C=O) groups is 1. The fourth-order valence-corrected chi connectivity index (χ4v) is 2.96. The molecule has 0 aliphatic heterocycles. The molecule has 0 unspecified atom stereocenters. The molecule has 1 rings (SSSR count). The van der Waals surface area contributed by atoms with E-state index in [1.165, 1.54) is 23.5 Å². The maximum absolute atomic E-state index is 11.3. The number of benzene rings is 1. The zero-order chi connectivity index (χ0) is 15.8. The third kappa shape index (κ3) is 4.31. The largest absolute Gasteiger partial charge is 0.496 e. The number of allylic oxidation sites excluding steroid dienone is 1. The second-order valence-electron chi connectivity index (χ2n) is 3.83. The van der Waals surface area contributed by atoms with Crippen LogP contribution in [0.25, 0.3) is 4.91 Å². The van der Waals surface area contributed by atoms with Crippen molar-refractivity contribution in [2.75, 3.05) is 19.6 Å². The molecule has 1 amide bonds. The number of thioether (sulfide) groups is 2. The smallest absolute Gasteiger partial charge is 0.260 e. The van der Waals surface area contributed by atoms with Gasteiger partial charge in [-0.15, -0.1) is 23.5 Å². The van der Waals surface area contributed by atoms with E-state index in [0.717, 1.165) is 16.2 Å². The van der Waals surface area contributed by atoms with E-state index in [1.54, 1.807) is 19.4 Å². The Morgan fingerprint density at radius 1 is 1.33 bits per heavy atom. The Bertz CT molecular complexity index is 631. The average molecular weight is 320 g/mol. The van der Waals surface area contributed by atoms with Gasteiger partial charge in [0.1, 0.15) is 17.4 Å². The van der Waals surface area contributed by atoms with Gasteiger partial charge in [0.2, 0.25) is 0 Å². The maximum Gasteiger partial charge on any atom is 0.260 e. The number of nitrogens with two attached hydrogens (primary N) is 1. The van der Waals surface area contributed by atoms with E-state index < -0.39 is 5.91 Å². The predicted molar refractivity (Wildman–Crippen MR) is 89.8 cm³/mol. The molecule has 0 heterocycles. The van der Waals surface area contributed by atoms with Gasteiger partial charge in [-0.1, -0.05) is 18.2 Å². The molecular formula is C15H16N2O2S2. The highest BCUT2D eigenvalue weighted by Gasteiger charge is 2.13. The van der Waals surface area contributed by atoms with Gasteiger partial charge in [-0.3, -0.25) is 4.79 Å². The lowest BCUT2D eigenvalue weighted by molar-refractivity contribution is -0.114. The van der Waals surface area contributed by atoms with Crippen LogP contribution >= 0.6 is 23.5 Å². The van der Waals surface area contributed by atoms with Crippen LogP contribution in [0.5, 0.6) is 5.75 Å².